The minimum atomic E-state index is -3.96. The molecule has 2 aromatic carbocycles. The van der Waals surface area contributed by atoms with Crippen LogP contribution in [0.15, 0.2) is 47.4 Å². The highest BCUT2D eigenvalue weighted by molar-refractivity contribution is 7.89. The van der Waals surface area contributed by atoms with Crippen LogP contribution in [0.2, 0.25) is 0 Å². The van der Waals surface area contributed by atoms with Crippen molar-refractivity contribution in [2.24, 2.45) is 0 Å². The van der Waals surface area contributed by atoms with E-state index in [0.29, 0.717) is 29.8 Å². The number of rotatable bonds is 8. The van der Waals surface area contributed by atoms with E-state index in [9.17, 15) is 22.8 Å². The fourth-order valence-corrected chi connectivity index (χ4v) is 4.20. The number of carbonyl (C=O) groups is 3. The molecule has 1 aliphatic heterocycles. The lowest BCUT2D eigenvalue weighted by Gasteiger charge is -2.17. The van der Waals surface area contributed by atoms with E-state index in [4.69, 9.17) is 9.47 Å². The summed E-state index contributed by atoms with van der Waals surface area (Å²) in [6.07, 6.45) is 0.859. The topological polar surface area (TPSA) is 128 Å². The van der Waals surface area contributed by atoms with Gasteiger partial charge in [-0.2, -0.15) is 4.72 Å². The highest BCUT2D eigenvalue weighted by Gasteiger charge is 2.24. The van der Waals surface area contributed by atoms with Crippen molar-refractivity contribution in [3.8, 4) is 5.75 Å². The molecule has 10 heteroatoms. The van der Waals surface area contributed by atoms with Crippen LogP contribution in [-0.2, 0) is 30.8 Å². The van der Waals surface area contributed by atoms with Gasteiger partial charge in [0, 0.05) is 17.7 Å². The number of fused-ring (bicyclic) bond motifs is 1. The van der Waals surface area contributed by atoms with E-state index in [2.05, 4.69) is 10.0 Å². The predicted octanol–water partition coefficient (Wildman–Crippen LogP) is 1.67. The van der Waals surface area contributed by atoms with Gasteiger partial charge in [-0.15, -0.1) is 0 Å². The molecule has 0 bridgehead atoms. The Labute approximate surface area is 179 Å². The summed E-state index contributed by atoms with van der Waals surface area (Å²) in [5.41, 5.74) is 1.83. The lowest BCUT2D eigenvalue weighted by Crippen LogP contribution is -2.40. The molecule has 164 valence electrons. The first-order valence-electron chi connectivity index (χ1n) is 9.48. The molecule has 0 fully saturated rings. The van der Waals surface area contributed by atoms with Crippen LogP contribution in [0.4, 0.5) is 5.69 Å². The fourth-order valence-electron chi connectivity index (χ4n) is 3.01. The van der Waals surface area contributed by atoms with E-state index in [0.717, 1.165) is 5.56 Å². The summed E-state index contributed by atoms with van der Waals surface area (Å²) in [5, 5.41) is 2.72. The van der Waals surface area contributed by atoms with Crippen LogP contribution in [0.5, 0.6) is 5.75 Å². The van der Waals surface area contributed by atoms with Crippen molar-refractivity contribution in [3.63, 3.8) is 0 Å². The van der Waals surface area contributed by atoms with E-state index >= 15 is 0 Å². The molecule has 1 amide bonds. The highest BCUT2D eigenvalue weighted by atomic mass is 32.2. The van der Waals surface area contributed by atoms with E-state index < -0.39 is 34.4 Å². The quantitative estimate of drug-likeness (QED) is 0.466. The van der Waals surface area contributed by atoms with E-state index in [1.807, 2.05) is 0 Å². The number of benzene rings is 2. The van der Waals surface area contributed by atoms with Gasteiger partial charge in [-0.05, 0) is 61.4 Å². The van der Waals surface area contributed by atoms with Crippen LogP contribution >= 0.6 is 0 Å². The number of esters is 1. The first-order valence-corrected chi connectivity index (χ1v) is 11.0. The Morgan fingerprint density at radius 3 is 2.52 bits per heavy atom. The number of ketones is 1. The third kappa shape index (κ3) is 5.47. The second kappa shape index (κ2) is 9.27. The van der Waals surface area contributed by atoms with Gasteiger partial charge in [0.05, 0.1) is 12.0 Å². The second-order valence-corrected chi connectivity index (χ2v) is 8.68. The van der Waals surface area contributed by atoms with Crippen molar-refractivity contribution in [2.75, 3.05) is 19.0 Å². The van der Waals surface area contributed by atoms with Crippen LogP contribution < -0.4 is 14.8 Å². The molecule has 9 nitrogen and oxygen atoms in total. The van der Waals surface area contributed by atoms with Crippen LogP contribution in [0.1, 0.15) is 29.3 Å². The Hall–Kier alpha value is -3.24. The van der Waals surface area contributed by atoms with Crippen molar-refractivity contribution >= 4 is 33.4 Å². The molecule has 1 atom stereocenters. The van der Waals surface area contributed by atoms with Gasteiger partial charge in [0.2, 0.25) is 15.9 Å². The standard InChI is InChI=1S/C21H22N2O7S/c1-13(23-31(27,28)17-7-5-16(29-2)6-8-17)21(26)30-12-19(24)15-3-9-18-14(11-15)4-10-20(25)22-18/h3,5-9,11,13,23H,4,10,12H2,1-2H3,(H,22,25)/t13-/m0/s1. The predicted molar refractivity (Wildman–Crippen MR) is 111 cm³/mol. The summed E-state index contributed by atoms with van der Waals surface area (Å²) in [6, 6.07) is 9.30. The zero-order chi connectivity index (χ0) is 22.6. The number of aryl methyl sites for hydroxylation is 1. The normalized spacial score (nSPS) is 14.2. The van der Waals surface area contributed by atoms with Crippen LogP contribution in [0.25, 0.3) is 0 Å². The number of nitrogens with one attached hydrogen (secondary N) is 2. The number of amides is 1. The number of ether oxygens (including phenoxy) is 2. The van der Waals surface area contributed by atoms with E-state index in [1.165, 1.54) is 44.4 Å². The number of carbonyl (C=O) groups excluding carboxylic acids is 3. The molecule has 0 radical (unpaired) electrons. The van der Waals surface area contributed by atoms with Crippen molar-refractivity contribution in [1.82, 2.24) is 4.72 Å². The van der Waals surface area contributed by atoms with Crippen molar-refractivity contribution < 1.29 is 32.3 Å². The van der Waals surface area contributed by atoms with Crippen molar-refractivity contribution in [1.29, 1.82) is 0 Å². The summed E-state index contributed by atoms with van der Waals surface area (Å²) in [4.78, 5) is 35.9. The molecule has 1 heterocycles. The Morgan fingerprint density at radius 1 is 1.13 bits per heavy atom. The summed E-state index contributed by atoms with van der Waals surface area (Å²) < 4.78 is 37.0. The molecule has 31 heavy (non-hydrogen) atoms. The van der Waals surface area contributed by atoms with Crippen LogP contribution in [0.3, 0.4) is 0 Å². The fraction of sp³-hybridized carbons (Fsp3) is 0.286. The molecule has 1 aliphatic rings. The maximum atomic E-state index is 12.4. The highest BCUT2D eigenvalue weighted by Crippen LogP contribution is 2.23. The molecular weight excluding hydrogens is 424 g/mol. The SMILES string of the molecule is COc1ccc(S(=O)(=O)N[C@@H](C)C(=O)OCC(=O)c2ccc3c(c2)CCC(=O)N3)cc1. The average Bonchev–Trinajstić information content (AvgIpc) is 2.76. The molecule has 0 saturated carbocycles. The second-order valence-electron chi connectivity index (χ2n) is 6.97. The van der Waals surface area contributed by atoms with Gasteiger partial charge in [-0.1, -0.05) is 0 Å². The van der Waals surface area contributed by atoms with Gasteiger partial charge in [-0.25, -0.2) is 8.42 Å². The number of methoxy groups -OCH3 is 1. The van der Waals surface area contributed by atoms with Crippen LogP contribution in [-0.4, -0.2) is 45.8 Å². The monoisotopic (exact) mass is 446 g/mol. The van der Waals surface area contributed by atoms with Gasteiger partial charge < -0.3 is 14.8 Å². The smallest absolute Gasteiger partial charge is 0.324 e. The summed E-state index contributed by atoms with van der Waals surface area (Å²) in [7, 11) is -2.50. The van der Waals surface area contributed by atoms with Crippen molar-refractivity contribution in [2.45, 2.75) is 30.7 Å². The maximum absolute atomic E-state index is 12.4. The van der Waals surface area contributed by atoms with E-state index in [1.54, 1.807) is 12.1 Å². The number of sulfonamides is 1. The molecule has 0 saturated heterocycles. The Balaban J connectivity index is 1.57. The zero-order valence-corrected chi connectivity index (χ0v) is 17.8. The van der Waals surface area contributed by atoms with Gasteiger partial charge in [0.1, 0.15) is 11.8 Å². The van der Waals surface area contributed by atoms with Gasteiger partial charge in [-0.3, -0.25) is 14.4 Å². The average molecular weight is 446 g/mol. The largest absolute Gasteiger partial charge is 0.497 e. The molecular formula is C21H22N2O7S. The van der Waals surface area contributed by atoms with Gasteiger partial charge >= 0.3 is 5.97 Å². The third-order valence-electron chi connectivity index (χ3n) is 4.72. The number of hydrogen-bond acceptors (Lipinski definition) is 7. The van der Waals surface area contributed by atoms with Crippen molar-refractivity contribution in [3.05, 3.63) is 53.6 Å². The first-order chi connectivity index (χ1) is 14.7. The molecule has 0 unspecified atom stereocenters. The van der Waals surface area contributed by atoms with Crippen LogP contribution in [0, 0.1) is 0 Å². The lowest BCUT2D eigenvalue weighted by atomic mass is 9.99. The lowest BCUT2D eigenvalue weighted by molar-refractivity contribution is -0.144. The molecule has 0 aromatic heterocycles. The Morgan fingerprint density at radius 2 is 1.84 bits per heavy atom. The Bertz CT molecular complexity index is 1110. The Kier molecular flexibility index (Phi) is 6.71. The molecule has 0 aliphatic carbocycles. The van der Waals surface area contributed by atoms with E-state index in [-0.39, 0.29) is 10.8 Å². The molecule has 0 spiro atoms. The molecule has 2 aromatic rings. The summed E-state index contributed by atoms with van der Waals surface area (Å²) in [6.45, 7) is 0.800. The summed E-state index contributed by atoms with van der Waals surface area (Å²) >= 11 is 0. The summed E-state index contributed by atoms with van der Waals surface area (Å²) in [5.74, 6) is -0.894. The zero-order valence-electron chi connectivity index (χ0n) is 17.0. The minimum Gasteiger partial charge on any atom is -0.497 e. The van der Waals surface area contributed by atoms with Gasteiger partial charge in [0.15, 0.2) is 12.4 Å². The number of Topliss-reactive ketones (excluding diaryl/α,β-unsaturated/α-hetero) is 1. The third-order valence-corrected chi connectivity index (χ3v) is 6.28. The minimum absolute atomic E-state index is 0.0369. The first kappa shape index (κ1) is 22.4. The molecule has 3 rings (SSSR count). The molecule has 2 N–H and O–H groups in total. The number of anilines is 1. The number of hydrogen-bond donors (Lipinski definition) is 2. The van der Waals surface area contributed by atoms with Gasteiger partial charge in [0.25, 0.3) is 0 Å². The maximum Gasteiger partial charge on any atom is 0.324 e.